The zero-order valence-corrected chi connectivity index (χ0v) is 12.0. The molecule has 1 aromatic heterocycles. The van der Waals surface area contributed by atoms with Crippen molar-refractivity contribution in [3.05, 3.63) is 52.7 Å². The van der Waals surface area contributed by atoms with Crippen LogP contribution in [0.25, 0.3) is 0 Å². The van der Waals surface area contributed by atoms with Crippen molar-refractivity contribution in [3.63, 3.8) is 0 Å². The van der Waals surface area contributed by atoms with E-state index in [1.165, 1.54) is 0 Å². The molecule has 0 radical (unpaired) electrons. The summed E-state index contributed by atoms with van der Waals surface area (Å²) in [5.74, 6) is 0.345. The quantitative estimate of drug-likeness (QED) is 0.908. The standard InChI is InChI=1S/C14H15ClN4O/c1-9(10-4-3-5-11(15)8-10)17-14(20)12-6-7-13(16-2)19-18-12/h3-9H,1-2H3,(H,16,19)(H,17,20). The summed E-state index contributed by atoms with van der Waals surface area (Å²) in [5, 5.41) is 14.1. The van der Waals surface area contributed by atoms with E-state index in [4.69, 9.17) is 11.6 Å². The highest BCUT2D eigenvalue weighted by atomic mass is 35.5. The van der Waals surface area contributed by atoms with Crippen LogP contribution in [0.4, 0.5) is 5.82 Å². The lowest BCUT2D eigenvalue weighted by molar-refractivity contribution is 0.0934. The molecular formula is C14H15ClN4O. The molecule has 0 aliphatic rings. The molecule has 0 bridgehead atoms. The first-order valence-electron chi connectivity index (χ1n) is 6.18. The van der Waals surface area contributed by atoms with Crippen LogP contribution in [0.1, 0.15) is 29.0 Å². The van der Waals surface area contributed by atoms with Gasteiger partial charge in [0.15, 0.2) is 5.69 Å². The largest absolute Gasteiger partial charge is 0.372 e. The second kappa shape index (κ2) is 6.34. The van der Waals surface area contributed by atoms with Crippen molar-refractivity contribution in [2.45, 2.75) is 13.0 Å². The minimum Gasteiger partial charge on any atom is -0.372 e. The zero-order chi connectivity index (χ0) is 14.5. The first kappa shape index (κ1) is 14.3. The van der Waals surface area contributed by atoms with Crippen LogP contribution in [0.2, 0.25) is 5.02 Å². The topological polar surface area (TPSA) is 66.9 Å². The van der Waals surface area contributed by atoms with Gasteiger partial charge in [-0.1, -0.05) is 23.7 Å². The molecule has 2 rings (SSSR count). The van der Waals surface area contributed by atoms with Crippen molar-refractivity contribution in [2.75, 3.05) is 12.4 Å². The van der Waals surface area contributed by atoms with Gasteiger partial charge in [0, 0.05) is 12.1 Å². The lowest BCUT2D eigenvalue weighted by Gasteiger charge is -2.14. The van der Waals surface area contributed by atoms with Crippen LogP contribution in [-0.4, -0.2) is 23.2 Å². The predicted molar refractivity (Wildman–Crippen MR) is 78.9 cm³/mol. The van der Waals surface area contributed by atoms with Gasteiger partial charge in [-0.15, -0.1) is 10.2 Å². The van der Waals surface area contributed by atoms with Crippen molar-refractivity contribution in [1.82, 2.24) is 15.5 Å². The molecule has 0 aliphatic carbocycles. The van der Waals surface area contributed by atoms with Gasteiger partial charge in [0.05, 0.1) is 6.04 Å². The average Bonchev–Trinajstić information content (AvgIpc) is 2.47. The van der Waals surface area contributed by atoms with Gasteiger partial charge in [-0.05, 0) is 36.8 Å². The number of aromatic nitrogens is 2. The lowest BCUT2D eigenvalue weighted by atomic mass is 10.1. The Balaban J connectivity index is 2.06. The van der Waals surface area contributed by atoms with E-state index in [1.54, 1.807) is 25.2 Å². The molecule has 1 amide bonds. The Bertz CT molecular complexity index is 600. The van der Waals surface area contributed by atoms with Crippen LogP contribution in [0.3, 0.4) is 0 Å². The number of halogens is 1. The van der Waals surface area contributed by atoms with E-state index in [2.05, 4.69) is 20.8 Å². The van der Waals surface area contributed by atoms with Gasteiger partial charge in [0.25, 0.3) is 5.91 Å². The molecular weight excluding hydrogens is 276 g/mol. The number of rotatable bonds is 4. The van der Waals surface area contributed by atoms with Gasteiger partial charge in [0.2, 0.25) is 0 Å². The van der Waals surface area contributed by atoms with Gasteiger partial charge >= 0.3 is 0 Å². The molecule has 1 heterocycles. The molecule has 0 aliphatic heterocycles. The number of nitrogens with zero attached hydrogens (tertiary/aromatic N) is 2. The third kappa shape index (κ3) is 3.45. The molecule has 6 heteroatoms. The number of amides is 1. The summed E-state index contributed by atoms with van der Waals surface area (Å²) in [5.41, 5.74) is 1.21. The number of benzene rings is 1. The number of nitrogens with one attached hydrogen (secondary N) is 2. The highest BCUT2D eigenvalue weighted by molar-refractivity contribution is 6.30. The van der Waals surface area contributed by atoms with Crippen LogP contribution < -0.4 is 10.6 Å². The number of carbonyl (C=O) groups is 1. The summed E-state index contributed by atoms with van der Waals surface area (Å²) in [6, 6.07) is 10.5. The fraction of sp³-hybridized carbons (Fsp3) is 0.214. The molecule has 1 atom stereocenters. The molecule has 1 aromatic carbocycles. The van der Waals surface area contributed by atoms with Crippen molar-refractivity contribution in [1.29, 1.82) is 0 Å². The monoisotopic (exact) mass is 290 g/mol. The molecule has 2 N–H and O–H groups in total. The molecule has 104 valence electrons. The third-order valence-electron chi connectivity index (χ3n) is 2.85. The Labute approximate surface area is 122 Å². The molecule has 0 spiro atoms. The lowest BCUT2D eigenvalue weighted by Crippen LogP contribution is -2.27. The van der Waals surface area contributed by atoms with E-state index in [-0.39, 0.29) is 17.6 Å². The van der Waals surface area contributed by atoms with Gasteiger partial charge in [0.1, 0.15) is 5.82 Å². The number of hydrogen-bond acceptors (Lipinski definition) is 4. The summed E-state index contributed by atoms with van der Waals surface area (Å²) >= 11 is 5.93. The van der Waals surface area contributed by atoms with E-state index in [1.807, 2.05) is 25.1 Å². The minimum absolute atomic E-state index is 0.160. The maximum Gasteiger partial charge on any atom is 0.272 e. The predicted octanol–water partition coefficient (Wildman–Crippen LogP) is 2.66. The van der Waals surface area contributed by atoms with Crippen LogP contribution in [0, 0.1) is 0 Å². The van der Waals surface area contributed by atoms with Crippen molar-refractivity contribution in [3.8, 4) is 0 Å². The Kier molecular flexibility index (Phi) is 4.53. The molecule has 5 nitrogen and oxygen atoms in total. The van der Waals surface area contributed by atoms with Crippen LogP contribution in [0.5, 0.6) is 0 Å². The third-order valence-corrected chi connectivity index (χ3v) is 3.08. The fourth-order valence-corrected chi connectivity index (χ4v) is 1.92. The van der Waals surface area contributed by atoms with Crippen molar-refractivity contribution in [2.24, 2.45) is 0 Å². The first-order valence-corrected chi connectivity index (χ1v) is 6.56. The maximum absolute atomic E-state index is 12.0. The van der Waals surface area contributed by atoms with Crippen LogP contribution in [-0.2, 0) is 0 Å². The molecule has 2 aromatic rings. The smallest absolute Gasteiger partial charge is 0.272 e. The van der Waals surface area contributed by atoms with Gasteiger partial charge in [-0.3, -0.25) is 4.79 Å². The Hall–Kier alpha value is -2.14. The maximum atomic E-state index is 12.0. The van der Waals surface area contributed by atoms with Gasteiger partial charge in [-0.25, -0.2) is 0 Å². The molecule has 1 unspecified atom stereocenters. The van der Waals surface area contributed by atoms with E-state index >= 15 is 0 Å². The van der Waals surface area contributed by atoms with Crippen LogP contribution in [0.15, 0.2) is 36.4 Å². The first-order chi connectivity index (χ1) is 9.60. The highest BCUT2D eigenvalue weighted by Gasteiger charge is 2.13. The van der Waals surface area contributed by atoms with E-state index < -0.39 is 0 Å². The summed E-state index contributed by atoms with van der Waals surface area (Å²) < 4.78 is 0. The second-order valence-corrected chi connectivity index (χ2v) is 4.74. The SMILES string of the molecule is CNc1ccc(C(=O)NC(C)c2cccc(Cl)c2)nn1. The zero-order valence-electron chi connectivity index (χ0n) is 11.2. The van der Waals surface area contributed by atoms with Crippen molar-refractivity contribution >= 4 is 23.3 Å². The number of carbonyl (C=O) groups excluding carboxylic acids is 1. The Morgan fingerprint density at radius 3 is 2.65 bits per heavy atom. The summed E-state index contributed by atoms with van der Waals surface area (Å²) in [4.78, 5) is 12.0. The average molecular weight is 291 g/mol. The minimum atomic E-state index is -0.271. The molecule has 0 saturated carbocycles. The van der Waals surface area contributed by atoms with Crippen LogP contribution >= 0.6 is 11.6 Å². The van der Waals surface area contributed by atoms with Gasteiger partial charge in [-0.2, -0.15) is 0 Å². The van der Waals surface area contributed by atoms with E-state index in [0.29, 0.717) is 10.8 Å². The Morgan fingerprint density at radius 2 is 2.05 bits per heavy atom. The molecule has 20 heavy (non-hydrogen) atoms. The van der Waals surface area contributed by atoms with Crippen molar-refractivity contribution < 1.29 is 4.79 Å². The molecule has 0 saturated heterocycles. The summed E-state index contributed by atoms with van der Waals surface area (Å²) in [6.45, 7) is 1.89. The normalized spacial score (nSPS) is 11.8. The Morgan fingerprint density at radius 1 is 1.25 bits per heavy atom. The van der Waals surface area contributed by atoms with E-state index in [0.717, 1.165) is 5.56 Å². The fourth-order valence-electron chi connectivity index (χ4n) is 1.72. The number of hydrogen-bond donors (Lipinski definition) is 2. The summed E-state index contributed by atoms with van der Waals surface area (Å²) in [6.07, 6.45) is 0. The molecule has 0 fully saturated rings. The summed E-state index contributed by atoms with van der Waals surface area (Å²) in [7, 11) is 1.74. The van der Waals surface area contributed by atoms with E-state index in [9.17, 15) is 4.79 Å². The number of anilines is 1. The van der Waals surface area contributed by atoms with Gasteiger partial charge < -0.3 is 10.6 Å². The second-order valence-electron chi connectivity index (χ2n) is 4.30. The highest BCUT2D eigenvalue weighted by Crippen LogP contribution is 2.17.